The fraction of sp³-hybridized carbons (Fsp3) is 0.667. The van der Waals surface area contributed by atoms with Crippen molar-refractivity contribution in [3.63, 3.8) is 0 Å². The molecule has 3 N–H and O–H groups in total. The maximum Gasteiger partial charge on any atom is 0.218 e. The Balaban J connectivity index is 1.95. The van der Waals surface area contributed by atoms with Crippen molar-refractivity contribution in [2.45, 2.75) is 44.7 Å². The molecule has 1 fully saturated rings. The van der Waals surface area contributed by atoms with Gasteiger partial charge in [-0.2, -0.15) is 0 Å². The number of ether oxygens (including phenoxy) is 1. The molecule has 5 heteroatoms. The summed E-state index contributed by atoms with van der Waals surface area (Å²) in [4.78, 5) is 8.25. The number of rotatable bonds is 5. The Labute approximate surface area is 102 Å². The molecule has 0 aliphatic heterocycles. The molecule has 2 unspecified atom stereocenters. The van der Waals surface area contributed by atoms with Gasteiger partial charge in [0.05, 0.1) is 6.61 Å². The molecular formula is C12H20N4O. The zero-order valence-electron chi connectivity index (χ0n) is 10.2. The summed E-state index contributed by atoms with van der Waals surface area (Å²) in [7, 11) is 0. The first-order valence-electron chi connectivity index (χ1n) is 6.26. The van der Waals surface area contributed by atoms with Gasteiger partial charge in [-0.25, -0.2) is 9.97 Å². The summed E-state index contributed by atoms with van der Waals surface area (Å²) in [6.07, 6.45) is 5.87. The Morgan fingerprint density at radius 2 is 2.35 bits per heavy atom. The highest BCUT2D eigenvalue weighted by Crippen LogP contribution is 2.21. The van der Waals surface area contributed by atoms with Gasteiger partial charge in [-0.3, -0.25) is 0 Å². The van der Waals surface area contributed by atoms with Gasteiger partial charge in [0.1, 0.15) is 12.1 Å². The zero-order valence-corrected chi connectivity index (χ0v) is 10.2. The molecule has 94 valence electrons. The standard InChI is InChI=1S/C12H20N4O/c1-2-6-17-12-7-11(14-8-15-12)16-10-5-3-4-9(10)13/h7-10H,2-6,13H2,1H3,(H,14,15,16). The number of nitrogens with one attached hydrogen (secondary N) is 1. The Morgan fingerprint density at radius 3 is 3.06 bits per heavy atom. The molecule has 17 heavy (non-hydrogen) atoms. The molecule has 1 aliphatic rings. The van der Waals surface area contributed by atoms with Crippen LogP contribution >= 0.6 is 0 Å². The van der Waals surface area contributed by atoms with Gasteiger partial charge in [0, 0.05) is 18.2 Å². The molecule has 0 bridgehead atoms. The monoisotopic (exact) mass is 236 g/mol. The number of nitrogens with two attached hydrogens (primary N) is 1. The maximum absolute atomic E-state index is 6.01. The molecule has 2 rings (SSSR count). The Hall–Kier alpha value is -1.36. The van der Waals surface area contributed by atoms with E-state index in [2.05, 4.69) is 22.2 Å². The van der Waals surface area contributed by atoms with E-state index in [0.29, 0.717) is 18.5 Å². The van der Waals surface area contributed by atoms with E-state index in [9.17, 15) is 0 Å². The van der Waals surface area contributed by atoms with E-state index in [1.807, 2.05) is 6.07 Å². The second-order valence-electron chi connectivity index (χ2n) is 4.44. The summed E-state index contributed by atoms with van der Waals surface area (Å²) in [5.41, 5.74) is 6.01. The van der Waals surface area contributed by atoms with Crippen LogP contribution in [0.2, 0.25) is 0 Å². The molecule has 1 aromatic rings. The summed E-state index contributed by atoms with van der Waals surface area (Å²) in [5.74, 6) is 1.42. The van der Waals surface area contributed by atoms with Gasteiger partial charge in [0.15, 0.2) is 0 Å². The highest BCUT2D eigenvalue weighted by molar-refractivity contribution is 5.38. The lowest BCUT2D eigenvalue weighted by molar-refractivity contribution is 0.305. The molecule has 1 aliphatic carbocycles. The third kappa shape index (κ3) is 3.30. The Morgan fingerprint density at radius 1 is 1.47 bits per heavy atom. The van der Waals surface area contributed by atoms with Crippen molar-refractivity contribution in [3.05, 3.63) is 12.4 Å². The third-order valence-corrected chi connectivity index (χ3v) is 3.00. The van der Waals surface area contributed by atoms with E-state index in [1.54, 1.807) is 0 Å². The quantitative estimate of drug-likeness (QED) is 0.811. The lowest BCUT2D eigenvalue weighted by Gasteiger charge is -2.17. The van der Waals surface area contributed by atoms with E-state index in [4.69, 9.17) is 10.5 Å². The highest BCUT2D eigenvalue weighted by Gasteiger charge is 2.23. The van der Waals surface area contributed by atoms with Crippen LogP contribution in [0.15, 0.2) is 12.4 Å². The van der Waals surface area contributed by atoms with Gasteiger partial charge in [-0.15, -0.1) is 0 Å². The molecule has 5 nitrogen and oxygen atoms in total. The topological polar surface area (TPSA) is 73.1 Å². The van der Waals surface area contributed by atoms with Crippen LogP contribution in [-0.4, -0.2) is 28.7 Å². The summed E-state index contributed by atoms with van der Waals surface area (Å²) in [5, 5.41) is 3.35. The van der Waals surface area contributed by atoms with Crippen LogP contribution in [0, 0.1) is 0 Å². The Kier molecular flexibility index (Phi) is 4.14. The van der Waals surface area contributed by atoms with Gasteiger partial charge in [0.25, 0.3) is 0 Å². The second-order valence-corrected chi connectivity index (χ2v) is 4.44. The van der Waals surface area contributed by atoms with E-state index in [-0.39, 0.29) is 6.04 Å². The maximum atomic E-state index is 6.01. The molecule has 1 saturated carbocycles. The summed E-state index contributed by atoms with van der Waals surface area (Å²) in [6, 6.07) is 2.38. The van der Waals surface area contributed by atoms with Crippen LogP contribution in [0.25, 0.3) is 0 Å². The van der Waals surface area contributed by atoms with Crippen LogP contribution in [0.5, 0.6) is 5.88 Å². The zero-order chi connectivity index (χ0) is 12.1. The van der Waals surface area contributed by atoms with Crippen molar-refractivity contribution in [2.75, 3.05) is 11.9 Å². The average Bonchev–Trinajstić information content (AvgIpc) is 2.73. The number of hydrogen-bond acceptors (Lipinski definition) is 5. The van der Waals surface area contributed by atoms with E-state index in [1.165, 1.54) is 12.7 Å². The number of aromatic nitrogens is 2. The number of nitrogens with zero attached hydrogens (tertiary/aromatic N) is 2. The first kappa shape index (κ1) is 12.1. The predicted octanol–water partition coefficient (Wildman–Crippen LogP) is 1.56. The third-order valence-electron chi connectivity index (χ3n) is 3.00. The molecule has 0 spiro atoms. The van der Waals surface area contributed by atoms with Crippen LogP contribution in [0.4, 0.5) is 5.82 Å². The molecule has 2 atom stereocenters. The van der Waals surface area contributed by atoms with Gasteiger partial charge >= 0.3 is 0 Å². The van der Waals surface area contributed by atoms with Crippen LogP contribution in [0.1, 0.15) is 32.6 Å². The van der Waals surface area contributed by atoms with Crippen LogP contribution in [-0.2, 0) is 0 Å². The summed E-state index contributed by atoms with van der Waals surface area (Å²) in [6.45, 7) is 2.75. The minimum absolute atomic E-state index is 0.227. The Bertz CT molecular complexity index is 358. The first-order valence-corrected chi connectivity index (χ1v) is 6.26. The van der Waals surface area contributed by atoms with Crippen LogP contribution in [0.3, 0.4) is 0 Å². The normalized spacial score (nSPS) is 23.6. The lowest BCUT2D eigenvalue weighted by Crippen LogP contribution is -2.35. The fourth-order valence-electron chi connectivity index (χ4n) is 2.06. The average molecular weight is 236 g/mol. The molecule has 0 saturated heterocycles. The SMILES string of the molecule is CCCOc1cc(NC2CCCC2N)ncn1. The fourth-order valence-corrected chi connectivity index (χ4v) is 2.06. The molecule has 0 amide bonds. The highest BCUT2D eigenvalue weighted by atomic mass is 16.5. The van der Waals surface area contributed by atoms with Gasteiger partial charge in [0.2, 0.25) is 5.88 Å². The van der Waals surface area contributed by atoms with E-state index < -0.39 is 0 Å². The van der Waals surface area contributed by atoms with Crippen molar-refractivity contribution in [3.8, 4) is 5.88 Å². The second kappa shape index (κ2) is 5.82. The van der Waals surface area contributed by atoms with Crippen molar-refractivity contribution < 1.29 is 4.74 Å². The molecule has 0 aromatic carbocycles. The number of hydrogen-bond donors (Lipinski definition) is 2. The molecule has 1 heterocycles. The van der Waals surface area contributed by atoms with E-state index >= 15 is 0 Å². The van der Waals surface area contributed by atoms with Gasteiger partial charge in [-0.1, -0.05) is 6.92 Å². The van der Waals surface area contributed by atoms with Gasteiger partial charge < -0.3 is 15.8 Å². The van der Waals surface area contributed by atoms with Crippen molar-refractivity contribution in [1.29, 1.82) is 0 Å². The van der Waals surface area contributed by atoms with Crippen molar-refractivity contribution in [2.24, 2.45) is 5.73 Å². The van der Waals surface area contributed by atoms with Gasteiger partial charge in [-0.05, 0) is 25.7 Å². The van der Waals surface area contributed by atoms with Crippen LogP contribution < -0.4 is 15.8 Å². The predicted molar refractivity (Wildman–Crippen MR) is 67.1 cm³/mol. The molecule has 1 aromatic heterocycles. The largest absolute Gasteiger partial charge is 0.478 e. The summed E-state index contributed by atoms with van der Waals surface area (Å²) >= 11 is 0. The first-order chi connectivity index (χ1) is 8.29. The molecular weight excluding hydrogens is 216 g/mol. The molecule has 0 radical (unpaired) electrons. The van der Waals surface area contributed by atoms with Crippen molar-refractivity contribution >= 4 is 5.82 Å². The summed E-state index contributed by atoms with van der Waals surface area (Å²) < 4.78 is 5.46. The smallest absolute Gasteiger partial charge is 0.218 e. The van der Waals surface area contributed by atoms with E-state index in [0.717, 1.165) is 25.1 Å². The number of anilines is 1. The minimum atomic E-state index is 0.227. The lowest BCUT2D eigenvalue weighted by atomic mass is 10.2. The minimum Gasteiger partial charge on any atom is -0.478 e. The van der Waals surface area contributed by atoms with Crippen molar-refractivity contribution in [1.82, 2.24) is 9.97 Å².